The predicted octanol–water partition coefficient (Wildman–Crippen LogP) is 2.07. The second-order valence-electron chi connectivity index (χ2n) is 2.19. The van der Waals surface area contributed by atoms with Crippen LogP contribution >= 0.6 is 23.4 Å². The summed E-state index contributed by atoms with van der Waals surface area (Å²) in [6.45, 7) is 1.53. The van der Waals surface area contributed by atoms with E-state index in [-0.39, 0.29) is 16.5 Å². The first-order chi connectivity index (χ1) is 6.06. The highest BCUT2D eigenvalue weighted by molar-refractivity contribution is 7.98. The Morgan fingerprint density at radius 3 is 2.54 bits per heavy atom. The average Bonchev–Trinajstić information content (AvgIpc) is 2.02. The number of nitrogens with zero attached hydrogens (tertiary/aromatic N) is 3. The third kappa shape index (κ3) is 2.07. The first-order valence-corrected chi connectivity index (χ1v) is 4.89. The second kappa shape index (κ2) is 3.89. The summed E-state index contributed by atoms with van der Waals surface area (Å²) in [7, 11) is 0. The van der Waals surface area contributed by atoms with Crippen molar-refractivity contribution in [2.75, 3.05) is 6.26 Å². The molecule has 0 spiro atoms. The molecule has 1 aromatic rings. The molecule has 0 aromatic carbocycles. The molecule has 5 nitrogen and oxygen atoms in total. The van der Waals surface area contributed by atoms with Crippen LogP contribution in [0.2, 0.25) is 5.15 Å². The Balaban J connectivity index is 3.31. The maximum atomic E-state index is 10.5. The molecule has 0 bridgehead atoms. The molecule has 0 atom stereocenters. The van der Waals surface area contributed by atoms with E-state index in [1.807, 2.05) is 0 Å². The minimum atomic E-state index is -0.582. The van der Waals surface area contributed by atoms with Crippen LogP contribution in [0.5, 0.6) is 0 Å². The van der Waals surface area contributed by atoms with Gasteiger partial charge in [-0.05, 0) is 13.2 Å². The van der Waals surface area contributed by atoms with Crippen LogP contribution in [0.25, 0.3) is 0 Å². The predicted molar refractivity (Wildman–Crippen MR) is 50.2 cm³/mol. The Bertz CT molecular complexity index is 335. The van der Waals surface area contributed by atoms with Crippen LogP contribution in [0.15, 0.2) is 5.16 Å². The molecule has 0 saturated carbocycles. The molecule has 0 aliphatic carbocycles. The van der Waals surface area contributed by atoms with Crippen molar-refractivity contribution in [2.45, 2.75) is 12.1 Å². The van der Waals surface area contributed by atoms with Gasteiger partial charge in [-0.3, -0.25) is 10.1 Å². The van der Waals surface area contributed by atoms with Crippen molar-refractivity contribution in [1.82, 2.24) is 9.97 Å². The quantitative estimate of drug-likeness (QED) is 0.250. The summed E-state index contributed by atoms with van der Waals surface area (Å²) in [5.41, 5.74) is 0.0637. The van der Waals surface area contributed by atoms with Gasteiger partial charge in [0.15, 0.2) is 5.16 Å². The van der Waals surface area contributed by atoms with Crippen molar-refractivity contribution in [3.8, 4) is 0 Å². The Labute approximate surface area is 83.7 Å². The third-order valence-corrected chi connectivity index (χ3v) is 2.17. The fraction of sp³-hybridized carbons (Fsp3) is 0.333. The number of hydrogen-bond donors (Lipinski definition) is 0. The lowest BCUT2D eigenvalue weighted by atomic mass is 10.4. The Morgan fingerprint density at radius 1 is 1.54 bits per heavy atom. The van der Waals surface area contributed by atoms with E-state index in [9.17, 15) is 10.1 Å². The molecule has 0 aliphatic heterocycles. The lowest BCUT2D eigenvalue weighted by Gasteiger charge is -2.00. The van der Waals surface area contributed by atoms with Crippen LogP contribution in [-0.2, 0) is 0 Å². The Kier molecular flexibility index (Phi) is 3.05. The second-order valence-corrected chi connectivity index (χ2v) is 3.32. The van der Waals surface area contributed by atoms with Gasteiger partial charge in [0.25, 0.3) is 0 Å². The zero-order valence-electron chi connectivity index (χ0n) is 6.94. The van der Waals surface area contributed by atoms with E-state index in [0.717, 1.165) is 0 Å². The number of hydrogen-bond acceptors (Lipinski definition) is 5. The molecule has 0 unspecified atom stereocenters. The Morgan fingerprint density at radius 2 is 2.15 bits per heavy atom. The number of aryl methyl sites for hydroxylation is 1. The number of nitro groups is 1. The minimum Gasteiger partial charge on any atom is -0.258 e. The summed E-state index contributed by atoms with van der Waals surface area (Å²) in [5.74, 6) is 0. The Hall–Kier alpha value is -0.880. The number of halogens is 1. The van der Waals surface area contributed by atoms with Crippen LogP contribution in [-0.4, -0.2) is 21.1 Å². The van der Waals surface area contributed by atoms with Crippen molar-refractivity contribution in [2.24, 2.45) is 0 Å². The van der Waals surface area contributed by atoms with Crippen molar-refractivity contribution < 1.29 is 4.92 Å². The van der Waals surface area contributed by atoms with Gasteiger partial charge in [0.2, 0.25) is 5.15 Å². The molecule has 0 radical (unpaired) electrons. The maximum absolute atomic E-state index is 10.5. The summed E-state index contributed by atoms with van der Waals surface area (Å²) < 4.78 is 0. The fourth-order valence-electron chi connectivity index (χ4n) is 0.806. The molecule has 0 aliphatic rings. The van der Waals surface area contributed by atoms with Crippen molar-refractivity contribution in [1.29, 1.82) is 0 Å². The van der Waals surface area contributed by atoms with Crippen molar-refractivity contribution >= 4 is 29.1 Å². The topological polar surface area (TPSA) is 68.9 Å². The fourth-order valence-corrected chi connectivity index (χ4v) is 1.55. The maximum Gasteiger partial charge on any atom is 0.327 e. The molecule has 7 heteroatoms. The first kappa shape index (κ1) is 10.2. The van der Waals surface area contributed by atoms with E-state index in [0.29, 0.717) is 5.16 Å². The van der Waals surface area contributed by atoms with Crippen LogP contribution in [0.4, 0.5) is 5.69 Å². The molecule has 1 heterocycles. The standard InChI is InChI=1S/C6H6ClN3O2S/c1-3-4(10(11)12)5(7)9-6(8-3)13-2/h1-2H3. The molecular weight excluding hydrogens is 214 g/mol. The highest BCUT2D eigenvalue weighted by atomic mass is 35.5. The van der Waals surface area contributed by atoms with Crippen LogP contribution < -0.4 is 0 Å². The molecule has 0 fully saturated rings. The van der Waals surface area contributed by atoms with Gasteiger partial charge in [0.05, 0.1) is 4.92 Å². The summed E-state index contributed by atoms with van der Waals surface area (Å²) in [4.78, 5) is 17.5. The number of aromatic nitrogens is 2. The van der Waals surface area contributed by atoms with Gasteiger partial charge in [-0.25, -0.2) is 9.97 Å². The molecule has 13 heavy (non-hydrogen) atoms. The van der Waals surface area contributed by atoms with Gasteiger partial charge in [-0.1, -0.05) is 23.4 Å². The van der Waals surface area contributed by atoms with E-state index < -0.39 is 4.92 Å². The zero-order valence-corrected chi connectivity index (χ0v) is 8.52. The molecule has 70 valence electrons. The summed E-state index contributed by atoms with van der Waals surface area (Å²) in [6.07, 6.45) is 1.77. The lowest BCUT2D eigenvalue weighted by molar-refractivity contribution is -0.386. The highest BCUT2D eigenvalue weighted by Crippen LogP contribution is 2.26. The van der Waals surface area contributed by atoms with Gasteiger partial charge in [0, 0.05) is 0 Å². The van der Waals surface area contributed by atoms with Gasteiger partial charge < -0.3 is 0 Å². The molecule has 0 N–H and O–H groups in total. The third-order valence-electron chi connectivity index (χ3n) is 1.36. The zero-order chi connectivity index (χ0) is 10.0. The van der Waals surface area contributed by atoms with Crippen molar-refractivity contribution in [3.05, 3.63) is 21.0 Å². The van der Waals surface area contributed by atoms with Crippen LogP contribution in [0, 0.1) is 17.0 Å². The lowest BCUT2D eigenvalue weighted by Crippen LogP contribution is -1.99. The summed E-state index contributed by atoms with van der Waals surface area (Å²) in [5, 5.41) is 10.8. The molecule has 1 rings (SSSR count). The molecule has 0 saturated heterocycles. The van der Waals surface area contributed by atoms with Crippen LogP contribution in [0.1, 0.15) is 5.69 Å². The SMILES string of the molecule is CSc1nc(C)c([N+](=O)[O-])c(Cl)n1. The van der Waals surface area contributed by atoms with Gasteiger partial charge in [-0.15, -0.1) is 0 Å². The number of thioether (sulfide) groups is 1. The minimum absolute atomic E-state index is 0.109. The van der Waals surface area contributed by atoms with E-state index in [4.69, 9.17) is 11.6 Å². The summed E-state index contributed by atoms with van der Waals surface area (Å²) in [6, 6.07) is 0. The molecule has 0 amide bonds. The van der Waals surface area contributed by atoms with E-state index >= 15 is 0 Å². The van der Waals surface area contributed by atoms with E-state index in [2.05, 4.69) is 9.97 Å². The normalized spacial score (nSPS) is 10.1. The summed E-state index contributed by atoms with van der Waals surface area (Å²) >= 11 is 6.89. The largest absolute Gasteiger partial charge is 0.327 e. The first-order valence-electron chi connectivity index (χ1n) is 3.28. The van der Waals surface area contributed by atoms with Crippen molar-refractivity contribution in [3.63, 3.8) is 0 Å². The molecule has 1 aromatic heterocycles. The van der Waals surface area contributed by atoms with E-state index in [1.165, 1.54) is 18.7 Å². The number of rotatable bonds is 2. The molecular formula is C6H6ClN3O2S. The van der Waals surface area contributed by atoms with Gasteiger partial charge >= 0.3 is 5.69 Å². The van der Waals surface area contributed by atoms with Crippen LogP contribution in [0.3, 0.4) is 0 Å². The highest BCUT2D eigenvalue weighted by Gasteiger charge is 2.19. The average molecular weight is 220 g/mol. The van der Waals surface area contributed by atoms with Gasteiger partial charge in [-0.2, -0.15) is 0 Å². The van der Waals surface area contributed by atoms with Gasteiger partial charge in [0.1, 0.15) is 5.69 Å². The monoisotopic (exact) mass is 219 g/mol. The smallest absolute Gasteiger partial charge is 0.258 e. The van der Waals surface area contributed by atoms with E-state index in [1.54, 1.807) is 6.26 Å².